The lowest BCUT2D eigenvalue weighted by Crippen LogP contribution is -2.35. The molecule has 2 aromatic rings. The number of carbonyl (C=O) groups excluding carboxylic acids is 1. The molecule has 1 aromatic carbocycles. The van der Waals surface area contributed by atoms with Gasteiger partial charge in [-0.15, -0.1) is 0 Å². The van der Waals surface area contributed by atoms with Crippen LogP contribution < -0.4 is 0 Å². The molecule has 0 unspecified atom stereocenters. The number of hydrogen-bond donors (Lipinski definition) is 1. The van der Waals surface area contributed by atoms with Crippen molar-refractivity contribution in [3.63, 3.8) is 0 Å². The largest absolute Gasteiger partial charge is 0.466 e. The summed E-state index contributed by atoms with van der Waals surface area (Å²) in [7, 11) is 0. The average molecular weight is 315 g/mol. The highest BCUT2D eigenvalue weighted by molar-refractivity contribution is 5.96. The van der Waals surface area contributed by atoms with Crippen LogP contribution in [0, 0.1) is 27.7 Å². The highest BCUT2D eigenvalue weighted by Crippen LogP contribution is 2.23. The molecule has 0 aliphatic heterocycles. The van der Waals surface area contributed by atoms with Gasteiger partial charge in [-0.3, -0.25) is 4.79 Å². The van der Waals surface area contributed by atoms with Crippen molar-refractivity contribution in [3.8, 4) is 0 Å². The van der Waals surface area contributed by atoms with Gasteiger partial charge in [0.2, 0.25) is 0 Å². The minimum Gasteiger partial charge on any atom is -0.466 e. The summed E-state index contributed by atoms with van der Waals surface area (Å²) >= 11 is 0. The fraction of sp³-hybridized carbons (Fsp3) is 0.421. The Balaban J connectivity index is 2.19. The number of hydrogen-bond acceptors (Lipinski definition) is 3. The van der Waals surface area contributed by atoms with Crippen molar-refractivity contribution in [2.24, 2.45) is 0 Å². The molecule has 0 bridgehead atoms. The van der Waals surface area contributed by atoms with E-state index in [2.05, 4.69) is 0 Å². The lowest BCUT2D eigenvalue weighted by Gasteiger charge is -2.24. The summed E-state index contributed by atoms with van der Waals surface area (Å²) in [5, 5.41) is 10.4. The summed E-state index contributed by atoms with van der Waals surface area (Å²) in [5.41, 5.74) is 3.44. The van der Waals surface area contributed by atoms with Gasteiger partial charge in [0.1, 0.15) is 11.5 Å². The van der Waals surface area contributed by atoms with Crippen LogP contribution >= 0.6 is 0 Å². The molecule has 2 rings (SSSR count). The van der Waals surface area contributed by atoms with Crippen molar-refractivity contribution in [1.29, 1.82) is 0 Å². The van der Waals surface area contributed by atoms with Crippen LogP contribution in [0.25, 0.3) is 0 Å². The fourth-order valence-corrected chi connectivity index (χ4v) is 2.72. The monoisotopic (exact) mass is 315 g/mol. The van der Waals surface area contributed by atoms with E-state index in [-0.39, 0.29) is 12.5 Å². The molecular weight excluding hydrogens is 290 g/mol. The minimum atomic E-state index is -0.701. The van der Waals surface area contributed by atoms with Crippen molar-refractivity contribution in [3.05, 3.63) is 58.0 Å². The van der Waals surface area contributed by atoms with E-state index in [1.165, 1.54) is 0 Å². The van der Waals surface area contributed by atoms with Gasteiger partial charge in [-0.2, -0.15) is 0 Å². The summed E-state index contributed by atoms with van der Waals surface area (Å²) in [6.07, 6.45) is -0.701. The van der Waals surface area contributed by atoms with Gasteiger partial charge in [0.25, 0.3) is 5.91 Å². The van der Waals surface area contributed by atoms with Gasteiger partial charge in [0, 0.05) is 12.1 Å². The van der Waals surface area contributed by atoms with Gasteiger partial charge in [-0.05, 0) is 40.2 Å². The van der Waals surface area contributed by atoms with E-state index >= 15 is 0 Å². The molecule has 0 saturated carbocycles. The van der Waals surface area contributed by atoms with Crippen molar-refractivity contribution in [2.75, 3.05) is 13.1 Å². The Morgan fingerprint density at radius 3 is 2.22 bits per heavy atom. The van der Waals surface area contributed by atoms with Crippen LogP contribution in [-0.2, 0) is 0 Å². The molecule has 0 saturated heterocycles. The van der Waals surface area contributed by atoms with Gasteiger partial charge >= 0.3 is 0 Å². The third-order valence-electron chi connectivity index (χ3n) is 4.30. The summed E-state index contributed by atoms with van der Waals surface area (Å²) in [5.74, 6) is 1.31. The maximum absolute atomic E-state index is 12.8. The summed E-state index contributed by atoms with van der Waals surface area (Å²) in [4.78, 5) is 14.5. The zero-order valence-corrected chi connectivity index (χ0v) is 14.5. The number of benzene rings is 1. The van der Waals surface area contributed by atoms with E-state index in [0.29, 0.717) is 17.9 Å². The van der Waals surface area contributed by atoms with Crippen LogP contribution in [0.5, 0.6) is 0 Å². The Morgan fingerprint density at radius 1 is 1.13 bits per heavy atom. The van der Waals surface area contributed by atoms with Gasteiger partial charge in [-0.1, -0.05) is 29.8 Å². The smallest absolute Gasteiger partial charge is 0.257 e. The zero-order chi connectivity index (χ0) is 17.1. The fourth-order valence-electron chi connectivity index (χ4n) is 2.72. The van der Waals surface area contributed by atoms with E-state index in [9.17, 15) is 9.90 Å². The molecule has 1 aromatic heterocycles. The zero-order valence-electron chi connectivity index (χ0n) is 14.5. The van der Waals surface area contributed by atoms with Crippen LogP contribution in [0.2, 0.25) is 0 Å². The number of aryl methyl sites for hydroxylation is 3. The second kappa shape index (κ2) is 7.01. The maximum atomic E-state index is 12.8. The first kappa shape index (κ1) is 17.3. The molecule has 0 spiro atoms. The molecule has 0 fully saturated rings. The summed E-state index contributed by atoms with van der Waals surface area (Å²) < 4.78 is 5.55. The molecule has 124 valence electrons. The van der Waals surface area contributed by atoms with Crippen LogP contribution in [0.3, 0.4) is 0 Å². The standard InChI is InChI=1S/C19H25NO3/c1-6-20(11-17(21)16-9-7-12(2)8-10-16)19(22)18-13(3)14(4)23-15(18)5/h7-10,17,21H,6,11H2,1-5H3/t17-/m1/s1. The lowest BCUT2D eigenvalue weighted by molar-refractivity contribution is 0.0632. The Hall–Kier alpha value is -2.07. The predicted molar refractivity (Wildman–Crippen MR) is 90.6 cm³/mol. The Morgan fingerprint density at radius 2 is 1.74 bits per heavy atom. The van der Waals surface area contributed by atoms with Gasteiger partial charge in [0.05, 0.1) is 18.2 Å². The number of amides is 1. The molecule has 1 N–H and O–H groups in total. The minimum absolute atomic E-state index is 0.0921. The Bertz CT molecular complexity index is 685. The normalized spacial score (nSPS) is 12.3. The topological polar surface area (TPSA) is 53.7 Å². The molecule has 4 heteroatoms. The molecule has 23 heavy (non-hydrogen) atoms. The van der Waals surface area contributed by atoms with E-state index < -0.39 is 6.10 Å². The van der Waals surface area contributed by atoms with E-state index in [1.54, 1.807) is 11.8 Å². The first-order valence-electron chi connectivity index (χ1n) is 7.95. The number of furan rings is 1. The lowest BCUT2D eigenvalue weighted by atomic mass is 10.1. The molecular formula is C19H25NO3. The third-order valence-corrected chi connectivity index (χ3v) is 4.30. The number of carbonyl (C=O) groups is 1. The van der Waals surface area contributed by atoms with Crippen molar-refractivity contribution < 1.29 is 14.3 Å². The number of aliphatic hydroxyl groups excluding tert-OH is 1. The second-order valence-corrected chi connectivity index (χ2v) is 5.98. The Labute approximate surface area is 137 Å². The number of likely N-dealkylation sites (N-methyl/N-ethyl adjacent to an activating group) is 1. The van der Waals surface area contributed by atoms with Crippen LogP contribution in [0.15, 0.2) is 28.7 Å². The molecule has 1 amide bonds. The molecule has 0 aliphatic carbocycles. The number of aliphatic hydroxyl groups is 1. The number of rotatable bonds is 5. The summed E-state index contributed by atoms with van der Waals surface area (Å²) in [6.45, 7) is 10.3. The predicted octanol–water partition coefficient (Wildman–Crippen LogP) is 3.71. The van der Waals surface area contributed by atoms with Gasteiger partial charge in [-0.25, -0.2) is 0 Å². The van der Waals surface area contributed by atoms with Gasteiger partial charge in [0.15, 0.2) is 0 Å². The van der Waals surface area contributed by atoms with Crippen LogP contribution in [0.1, 0.15) is 51.6 Å². The third kappa shape index (κ3) is 3.64. The van der Waals surface area contributed by atoms with E-state index in [1.807, 2.05) is 52.0 Å². The molecule has 1 atom stereocenters. The molecule has 0 radical (unpaired) electrons. The van der Waals surface area contributed by atoms with E-state index in [0.717, 1.165) is 22.5 Å². The van der Waals surface area contributed by atoms with Crippen LogP contribution in [-0.4, -0.2) is 29.0 Å². The first-order chi connectivity index (χ1) is 10.8. The van der Waals surface area contributed by atoms with Crippen molar-refractivity contribution >= 4 is 5.91 Å². The maximum Gasteiger partial charge on any atom is 0.257 e. The SMILES string of the molecule is CCN(C[C@@H](O)c1ccc(C)cc1)C(=O)c1c(C)oc(C)c1C. The van der Waals surface area contributed by atoms with Crippen molar-refractivity contribution in [2.45, 2.75) is 40.7 Å². The average Bonchev–Trinajstić information content (AvgIpc) is 2.77. The highest BCUT2D eigenvalue weighted by atomic mass is 16.3. The van der Waals surface area contributed by atoms with Crippen LogP contribution in [0.4, 0.5) is 0 Å². The second-order valence-electron chi connectivity index (χ2n) is 5.98. The molecule has 0 aliphatic rings. The number of nitrogens with zero attached hydrogens (tertiary/aromatic N) is 1. The summed E-state index contributed by atoms with van der Waals surface area (Å²) in [6, 6.07) is 7.72. The molecule has 4 nitrogen and oxygen atoms in total. The van der Waals surface area contributed by atoms with Crippen molar-refractivity contribution in [1.82, 2.24) is 4.90 Å². The Kier molecular flexibility index (Phi) is 5.26. The highest BCUT2D eigenvalue weighted by Gasteiger charge is 2.24. The first-order valence-corrected chi connectivity index (χ1v) is 7.95. The quantitative estimate of drug-likeness (QED) is 0.915. The molecule has 1 heterocycles. The van der Waals surface area contributed by atoms with Gasteiger partial charge < -0.3 is 14.4 Å². The van der Waals surface area contributed by atoms with E-state index in [4.69, 9.17) is 4.42 Å².